The zero-order valence-corrected chi connectivity index (χ0v) is 17.9. The average molecular weight is 436 g/mol. The third kappa shape index (κ3) is 6.79. The van der Waals surface area contributed by atoms with Gasteiger partial charge in [0.25, 0.3) is 0 Å². The second-order valence-electron chi connectivity index (χ2n) is 7.84. The molecule has 3 rings (SSSR count). The van der Waals surface area contributed by atoms with E-state index in [0.29, 0.717) is 30.6 Å². The summed E-state index contributed by atoms with van der Waals surface area (Å²) in [5.74, 6) is 0.0475. The summed E-state index contributed by atoms with van der Waals surface area (Å²) < 4.78 is 0. The minimum absolute atomic E-state index is 0.0643. The lowest BCUT2D eigenvalue weighted by atomic mass is 10.1. The van der Waals surface area contributed by atoms with Crippen LogP contribution in [0.4, 0.5) is 10.5 Å². The molecule has 0 spiro atoms. The number of anilines is 1. The number of benzene rings is 1. The summed E-state index contributed by atoms with van der Waals surface area (Å²) in [6.07, 6.45) is 4.74. The minimum atomic E-state index is -0.376. The molecule has 30 heavy (non-hydrogen) atoms. The number of hydrogen-bond acceptors (Lipinski definition) is 4. The van der Waals surface area contributed by atoms with Gasteiger partial charge in [-0.05, 0) is 43.0 Å². The van der Waals surface area contributed by atoms with Gasteiger partial charge < -0.3 is 25.8 Å². The van der Waals surface area contributed by atoms with E-state index in [4.69, 9.17) is 11.6 Å². The van der Waals surface area contributed by atoms with E-state index in [0.717, 1.165) is 31.6 Å². The Labute approximate surface area is 182 Å². The average Bonchev–Trinajstić information content (AvgIpc) is 3.29. The summed E-state index contributed by atoms with van der Waals surface area (Å²) in [4.78, 5) is 40.0. The van der Waals surface area contributed by atoms with Crippen LogP contribution in [0.15, 0.2) is 24.3 Å². The van der Waals surface area contributed by atoms with Gasteiger partial charge in [-0.15, -0.1) is 0 Å². The lowest BCUT2D eigenvalue weighted by Crippen LogP contribution is -2.52. The third-order valence-electron chi connectivity index (χ3n) is 5.70. The van der Waals surface area contributed by atoms with Crippen LogP contribution in [0.25, 0.3) is 0 Å². The maximum atomic E-state index is 12.4. The van der Waals surface area contributed by atoms with Crippen LogP contribution >= 0.6 is 11.6 Å². The van der Waals surface area contributed by atoms with E-state index in [1.165, 1.54) is 12.8 Å². The fraction of sp³-hybridized carbons (Fsp3) is 0.571. The topological polar surface area (TPSA) is 93.8 Å². The van der Waals surface area contributed by atoms with Crippen LogP contribution in [-0.4, -0.2) is 68.6 Å². The van der Waals surface area contributed by atoms with Crippen LogP contribution in [0.1, 0.15) is 25.7 Å². The Morgan fingerprint density at radius 2 is 1.57 bits per heavy atom. The molecule has 2 fully saturated rings. The number of nitrogens with one attached hydrogen (secondary N) is 3. The molecule has 0 aromatic heterocycles. The molecule has 1 aromatic carbocycles. The zero-order chi connectivity index (χ0) is 21.3. The summed E-state index contributed by atoms with van der Waals surface area (Å²) in [7, 11) is 0. The molecule has 1 saturated heterocycles. The van der Waals surface area contributed by atoms with Gasteiger partial charge in [-0.1, -0.05) is 24.4 Å². The summed E-state index contributed by atoms with van der Waals surface area (Å²) in [5.41, 5.74) is 1.08. The maximum Gasteiger partial charge on any atom is 0.315 e. The van der Waals surface area contributed by atoms with E-state index in [1.807, 2.05) is 24.3 Å². The number of piperazine rings is 1. The van der Waals surface area contributed by atoms with E-state index in [9.17, 15) is 14.4 Å². The number of halogens is 1. The highest BCUT2D eigenvalue weighted by Crippen LogP contribution is 2.23. The van der Waals surface area contributed by atoms with E-state index >= 15 is 0 Å². The largest absolute Gasteiger partial charge is 0.368 e. The Morgan fingerprint density at radius 1 is 0.900 bits per heavy atom. The molecule has 0 unspecified atom stereocenters. The van der Waals surface area contributed by atoms with E-state index < -0.39 is 0 Å². The van der Waals surface area contributed by atoms with Crippen LogP contribution in [0.5, 0.6) is 0 Å². The molecule has 9 heteroatoms. The highest BCUT2D eigenvalue weighted by atomic mass is 35.5. The number of hydrogen-bond donors (Lipinski definition) is 3. The highest BCUT2D eigenvalue weighted by molar-refractivity contribution is 6.30. The van der Waals surface area contributed by atoms with Crippen LogP contribution in [0.2, 0.25) is 5.02 Å². The Hall–Kier alpha value is -2.48. The third-order valence-corrected chi connectivity index (χ3v) is 5.95. The standard InChI is InChI=1S/C21H30ClN5O3/c22-17-5-7-18(8-6-17)26-9-11-27(12-10-26)20(29)15-23-19(28)14-25-21(30)24-13-16-3-1-2-4-16/h5-8,16H,1-4,9-15H2,(H,23,28)(H2,24,25,30). The molecule has 8 nitrogen and oxygen atoms in total. The Bertz CT molecular complexity index is 729. The van der Waals surface area contributed by atoms with E-state index in [-0.39, 0.29) is 30.9 Å². The molecule has 1 heterocycles. The van der Waals surface area contributed by atoms with Crippen molar-refractivity contribution in [3.8, 4) is 0 Å². The van der Waals surface area contributed by atoms with Gasteiger partial charge in [0.1, 0.15) is 0 Å². The number of carbonyl (C=O) groups excluding carboxylic acids is 3. The molecule has 2 aliphatic rings. The van der Waals surface area contributed by atoms with Crippen LogP contribution < -0.4 is 20.9 Å². The predicted octanol–water partition coefficient (Wildman–Crippen LogP) is 1.59. The number of amides is 4. The minimum Gasteiger partial charge on any atom is -0.368 e. The lowest BCUT2D eigenvalue weighted by molar-refractivity contribution is -0.132. The smallest absolute Gasteiger partial charge is 0.315 e. The normalized spacial score (nSPS) is 17.0. The predicted molar refractivity (Wildman–Crippen MR) is 117 cm³/mol. The van der Waals surface area contributed by atoms with Gasteiger partial charge in [-0.2, -0.15) is 0 Å². The highest BCUT2D eigenvalue weighted by Gasteiger charge is 2.21. The fourth-order valence-electron chi connectivity index (χ4n) is 3.89. The van der Waals surface area contributed by atoms with Gasteiger partial charge in [-0.3, -0.25) is 9.59 Å². The van der Waals surface area contributed by atoms with Crippen molar-refractivity contribution in [3.05, 3.63) is 29.3 Å². The number of carbonyl (C=O) groups is 3. The Balaban J connectivity index is 1.29. The monoisotopic (exact) mass is 435 g/mol. The first kappa shape index (κ1) is 22.2. The van der Waals surface area contributed by atoms with Gasteiger partial charge >= 0.3 is 6.03 Å². The van der Waals surface area contributed by atoms with Crippen molar-refractivity contribution in [1.82, 2.24) is 20.9 Å². The SMILES string of the molecule is O=C(CNC(=O)NCC1CCCC1)NCC(=O)N1CCN(c2ccc(Cl)cc2)CC1. The molecule has 1 aromatic rings. The summed E-state index contributed by atoms with van der Waals surface area (Å²) in [5, 5.41) is 8.61. The van der Waals surface area contributed by atoms with Crippen LogP contribution in [0, 0.1) is 5.92 Å². The number of urea groups is 1. The van der Waals surface area contributed by atoms with Gasteiger partial charge in [0, 0.05) is 43.4 Å². The van der Waals surface area contributed by atoms with Crippen molar-refractivity contribution >= 4 is 35.1 Å². The molecule has 4 amide bonds. The van der Waals surface area contributed by atoms with Crippen molar-refractivity contribution < 1.29 is 14.4 Å². The van der Waals surface area contributed by atoms with Crippen molar-refractivity contribution in [2.45, 2.75) is 25.7 Å². The molecule has 0 bridgehead atoms. The van der Waals surface area contributed by atoms with Crippen LogP contribution in [0.3, 0.4) is 0 Å². The summed E-state index contributed by atoms with van der Waals surface area (Å²) in [6, 6.07) is 7.30. The number of rotatable bonds is 7. The van der Waals surface area contributed by atoms with Crippen molar-refractivity contribution in [1.29, 1.82) is 0 Å². The maximum absolute atomic E-state index is 12.4. The van der Waals surface area contributed by atoms with Gasteiger partial charge in [0.15, 0.2) is 0 Å². The van der Waals surface area contributed by atoms with Crippen molar-refractivity contribution in [2.24, 2.45) is 5.92 Å². The first-order valence-corrected chi connectivity index (χ1v) is 11.0. The molecule has 0 radical (unpaired) electrons. The quantitative estimate of drug-likeness (QED) is 0.606. The Kier molecular flexibility index (Phi) is 8.19. The number of nitrogens with zero attached hydrogens (tertiary/aromatic N) is 2. The van der Waals surface area contributed by atoms with Gasteiger partial charge in [0.05, 0.1) is 13.1 Å². The zero-order valence-electron chi connectivity index (χ0n) is 17.2. The first-order chi connectivity index (χ1) is 14.5. The van der Waals surface area contributed by atoms with Crippen molar-refractivity contribution in [2.75, 3.05) is 50.7 Å². The molecule has 1 aliphatic heterocycles. The first-order valence-electron chi connectivity index (χ1n) is 10.6. The molecule has 164 valence electrons. The van der Waals surface area contributed by atoms with E-state index in [1.54, 1.807) is 4.90 Å². The summed E-state index contributed by atoms with van der Waals surface area (Å²) in [6.45, 7) is 3.08. The van der Waals surface area contributed by atoms with E-state index in [2.05, 4.69) is 20.9 Å². The molecule has 1 saturated carbocycles. The molecular formula is C21H30ClN5O3. The Morgan fingerprint density at radius 3 is 2.23 bits per heavy atom. The summed E-state index contributed by atoms with van der Waals surface area (Å²) >= 11 is 5.93. The molecular weight excluding hydrogens is 406 g/mol. The fourth-order valence-corrected chi connectivity index (χ4v) is 4.02. The van der Waals surface area contributed by atoms with Crippen molar-refractivity contribution in [3.63, 3.8) is 0 Å². The molecule has 0 atom stereocenters. The lowest BCUT2D eigenvalue weighted by Gasteiger charge is -2.36. The molecule has 1 aliphatic carbocycles. The second-order valence-corrected chi connectivity index (χ2v) is 8.27. The van der Waals surface area contributed by atoms with Gasteiger partial charge in [-0.25, -0.2) is 4.79 Å². The molecule has 3 N–H and O–H groups in total. The van der Waals surface area contributed by atoms with Gasteiger partial charge in [0.2, 0.25) is 11.8 Å². The van der Waals surface area contributed by atoms with Crippen LogP contribution in [-0.2, 0) is 9.59 Å². The second kappa shape index (κ2) is 11.1.